The summed E-state index contributed by atoms with van der Waals surface area (Å²) in [5.41, 5.74) is 5.09. The summed E-state index contributed by atoms with van der Waals surface area (Å²) in [7, 11) is 0. The molecule has 1 heterocycles. The van der Waals surface area contributed by atoms with E-state index in [0.717, 1.165) is 52.1 Å². The highest BCUT2D eigenvalue weighted by Gasteiger charge is 2.51. The first-order chi connectivity index (χ1) is 17.2. The Bertz CT molecular complexity index is 1320. The number of aryl methyl sites for hydroxylation is 1. The van der Waals surface area contributed by atoms with E-state index in [1.54, 1.807) is 0 Å². The van der Waals surface area contributed by atoms with E-state index in [0.29, 0.717) is 12.3 Å². The lowest BCUT2D eigenvalue weighted by Crippen LogP contribution is -2.34. The summed E-state index contributed by atoms with van der Waals surface area (Å²) in [6.07, 6.45) is 1.62. The molecule has 1 saturated carbocycles. The molecule has 0 radical (unpaired) electrons. The first-order valence-corrected chi connectivity index (χ1v) is 12.4. The van der Waals surface area contributed by atoms with Crippen molar-refractivity contribution in [2.45, 2.75) is 52.5 Å². The van der Waals surface area contributed by atoms with Crippen molar-refractivity contribution >= 4 is 17.5 Å². The van der Waals surface area contributed by atoms with Gasteiger partial charge < -0.3 is 20.1 Å². The van der Waals surface area contributed by atoms with Gasteiger partial charge in [-0.05, 0) is 71.8 Å². The van der Waals surface area contributed by atoms with E-state index in [1.807, 2.05) is 69.3 Å². The largest absolute Gasteiger partial charge is 0.454 e. The molecule has 3 aromatic rings. The second kappa shape index (κ2) is 9.01. The predicted octanol–water partition coefficient (Wildman–Crippen LogP) is 5.97. The minimum absolute atomic E-state index is 0. The zero-order valence-electron chi connectivity index (χ0n) is 21.2. The molecule has 0 aromatic heterocycles. The predicted molar refractivity (Wildman–Crippen MR) is 142 cm³/mol. The highest BCUT2D eigenvalue weighted by Crippen LogP contribution is 2.51. The van der Waals surface area contributed by atoms with Crippen LogP contribution in [0.15, 0.2) is 60.7 Å². The molecule has 0 unspecified atom stereocenters. The molecular formula is C30H34N2O4. The van der Waals surface area contributed by atoms with Crippen molar-refractivity contribution in [3.63, 3.8) is 0 Å². The standard InChI is InChI=1S/C30H32N2O4.H2/c1-19-5-11-23(16-24(19)21-8-6-20(7-9-21)17-31-27(33)29(2,3)4)32-28(34)30(13-14-30)22-10-12-25-26(15-22)36-18-35-25;/h5-12,15-16H,13-14,17-18H2,1-4H3,(H,31,33)(H,32,34);1H. The van der Waals surface area contributed by atoms with Crippen molar-refractivity contribution in [2.75, 3.05) is 12.1 Å². The van der Waals surface area contributed by atoms with Gasteiger partial charge in [-0.2, -0.15) is 0 Å². The van der Waals surface area contributed by atoms with Gasteiger partial charge in [-0.25, -0.2) is 0 Å². The van der Waals surface area contributed by atoms with Crippen LogP contribution in [0.1, 0.15) is 51.7 Å². The van der Waals surface area contributed by atoms with Crippen molar-refractivity contribution in [3.05, 3.63) is 77.4 Å². The smallest absolute Gasteiger partial charge is 0.235 e. The SMILES string of the molecule is Cc1ccc(NC(=O)C2(c3ccc4c(c3)OCO4)CC2)cc1-c1ccc(CNC(=O)C(C)(C)C)cc1.[HH]. The number of carbonyl (C=O) groups excluding carboxylic acids is 2. The van der Waals surface area contributed by atoms with E-state index in [1.165, 1.54) is 0 Å². The molecule has 2 aliphatic rings. The van der Waals surface area contributed by atoms with Gasteiger partial charge >= 0.3 is 0 Å². The van der Waals surface area contributed by atoms with Crippen LogP contribution in [0.5, 0.6) is 11.5 Å². The molecule has 6 nitrogen and oxygen atoms in total. The third-order valence-corrected chi connectivity index (χ3v) is 7.00. The van der Waals surface area contributed by atoms with Gasteiger partial charge in [0.25, 0.3) is 0 Å². The van der Waals surface area contributed by atoms with Crippen molar-refractivity contribution in [1.29, 1.82) is 0 Å². The monoisotopic (exact) mass is 486 g/mol. The number of carbonyl (C=O) groups is 2. The Hall–Kier alpha value is -3.80. The van der Waals surface area contributed by atoms with E-state index in [4.69, 9.17) is 9.47 Å². The number of anilines is 1. The Labute approximate surface area is 213 Å². The van der Waals surface area contributed by atoms with E-state index in [9.17, 15) is 9.59 Å². The minimum atomic E-state index is -0.523. The number of ether oxygens (including phenoxy) is 2. The van der Waals surface area contributed by atoms with Crippen LogP contribution in [-0.4, -0.2) is 18.6 Å². The number of fused-ring (bicyclic) bond motifs is 1. The molecule has 5 rings (SSSR count). The van der Waals surface area contributed by atoms with Gasteiger partial charge in [0.15, 0.2) is 11.5 Å². The topological polar surface area (TPSA) is 76.7 Å². The zero-order valence-corrected chi connectivity index (χ0v) is 21.2. The van der Waals surface area contributed by atoms with Crippen LogP contribution >= 0.6 is 0 Å². The number of nitrogens with one attached hydrogen (secondary N) is 2. The molecule has 0 atom stereocenters. The van der Waals surface area contributed by atoms with Crippen LogP contribution in [0.4, 0.5) is 5.69 Å². The highest BCUT2D eigenvalue weighted by molar-refractivity contribution is 6.02. The Kier molecular flexibility index (Phi) is 5.99. The van der Waals surface area contributed by atoms with Crippen molar-refractivity contribution in [1.82, 2.24) is 5.32 Å². The van der Waals surface area contributed by atoms with Gasteiger partial charge in [-0.15, -0.1) is 0 Å². The molecule has 6 heteroatoms. The van der Waals surface area contributed by atoms with Crippen molar-refractivity contribution in [2.24, 2.45) is 5.41 Å². The number of hydrogen-bond acceptors (Lipinski definition) is 4. The Morgan fingerprint density at radius 2 is 1.67 bits per heavy atom. The van der Waals surface area contributed by atoms with Gasteiger partial charge in [-0.1, -0.05) is 57.2 Å². The molecule has 0 saturated heterocycles. The average Bonchev–Trinajstić information content (AvgIpc) is 3.54. The Morgan fingerprint density at radius 3 is 2.36 bits per heavy atom. The molecular weight excluding hydrogens is 452 g/mol. The summed E-state index contributed by atoms with van der Waals surface area (Å²) in [6, 6.07) is 20.0. The maximum Gasteiger partial charge on any atom is 0.235 e. The quantitative estimate of drug-likeness (QED) is 0.450. The maximum atomic E-state index is 13.4. The van der Waals surface area contributed by atoms with Gasteiger partial charge in [-0.3, -0.25) is 9.59 Å². The molecule has 188 valence electrons. The summed E-state index contributed by atoms with van der Waals surface area (Å²) in [6.45, 7) is 8.48. The number of rotatable bonds is 6. The first-order valence-electron chi connectivity index (χ1n) is 12.4. The number of hydrogen-bond donors (Lipinski definition) is 2. The van der Waals surface area contributed by atoms with Gasteiger partial charge in [0, 0.05) is 19.1 Å². The first kappa shape index (κ1) is 23.9. The lowest BCUT2D eigenvalue weighted by molar-refractivity contribution is -0.128. The van der Waals surface area contributed by atoms with Crippen LogP contribution in [0.2, 0.25) is 0 Å². The fourth-order valence-electron chi connectivity index (χ4n) is 4.48. The average molecular weight is 487 g/mol. The van der Waals surface area contributed by atoms with Gasteiger partial charge in [0.05, 0.1) is 5.41 Å². The van der Waals surface area contributed by atoms with Crippen LogP contribution in [0.3, 0.4) is 0 Å². The lowest BCUT2D eigenvalue weighted by Gasteiger charge is -2.18. The molecule has 2 amide bonds. The number of amides is 2. The third kappa shape index (κ3) is 4.68. The Balaban J connectivity index is 0.00000320. The van der Waals surface area contributed by atoms with E-state index < -0.39 is 10.8 Å². The molecule has 3 aromatic carbocycles. The van der Waals surface area contributed by atoms with Crippen LogP contribution < -0.4 is 20.1 Å². The maximum absolute atomic E-state index is 13.4. The van der Waals surface area contributed by atoms with Gasteiger partial charge in [0.1, 0.15) is 0 Å². The second-order valence-electron chi connectivity index (χ2n) is 10.8. The second-order valence-corrected chi connectivity index (χ2v) is 10.8. The van der Waals surface area contributed by atoms with E-state index in [-0.39, 0.29) is 20.0 Å². The normalized spacial score (nSPS) is 15.3. The Morgan fingerprint density at radius 1 is 0.944 bits per heavy atom. The molecule has 1 fully saturated rings. The van der Waals surface area contributed by atoms with Crippen molar-refractivity contribution in [3.8, 4) is 22.6 Å². The van der Waals surface area contributed by atoms with E-state index >= 15 is 0 Å². The summed E-state index contributed by atoms with van der Waals surface area (Å²) in [5.74, 6) is 1.45. The minimum Gasteiger partial charge on any atom is -0.454 e. The fourth-order valence-corrected chi connectivity index (χ4v) is 4.48. The highest BCUT2D eigenvalue weighted by atomic mass is 16.7. The summed E-state index contributed by atoms with van der Waals surface area (Å²) < 4.78 is 10.9. The van der Waals surface area contributed by atoms with E-state index in [2.05, 4.69) is 29.7 Å². The number of benzene rings is 3. The fraction of sp³-hybridized carbons (Fsp3) is 0.333. The molecule has 0 spiro atoms. The lowest BCUT2D eigenvalue weighted by atomic mass is 9.94. The molecule has 36 heavy (non-hydrogen) atoms. The summed E-state index contributed by atoms with van der Waals surface area (Å²) >= 11 is 0. The van der Waals surface area contributed by atoms with Crippen LogP contribution in [0.25, 0.3) is 11.1 Å². The molecule has 1 aliphatic heterocycles. The van der Waals surface area contributed by atoms with Crippen molar-refractivity contribution < 1.29 is 20.5 Å². The van der Waals surface area contributed by atoms with Crippen LogP contribution in [-0.2, 0) is 21.5 Å². The third-order valence-electron chi connectivity index (χ3n) is 7.00. The molecule has 2 N–H and O–H groups in total. The van der Waals surface area contributed by atoms with Crippen LogP contribution in [0, 0.1) is 12.3 Å². The zero-order chi connectivity index (χ0) is 25.5. The summed E-state index contributed by atoms with van der Waals surface area (Å²) in [5, 5.41) is 6.13. The molecule has 1 aliphatic carbocycles. The summed E-state index contributed by atoms with van der Waals surface area (Å²) in [4.78, 5) is 25.5. The van der Waals surface area contributed by atoms with Gasteiger partial charge in [0.2, 0.25) is 18.6 Å². The molecule has 0 bridgehead atoms.